The van der Waals surface area contributed by atoms with Crippen molar-refractivity contribution in [2.24, 2.45) is 0 Å². The first-order valence-electron chi connectivity index (χ1n) is 9.91. The smallest absolute Gasteiger partial charge is 0.244 e. The van der Waals surface area contributed by atoms with E-state index in [2.05, 4.69) is 10.2 Å². The SMILES string of the molecule is CCOc1ccc(/C=C/C(=O)NCC(c2ccc(F)cc2)N2CCOCC2)cc1. The molecule has 1 atom stereocenters. The minimum atomic E-state index is -0.267. The molecule has 154 valence electrons. The summed E-state index contributed by atoms with van der Waals surface area (Å²) in [6.45, 7) is 5.87. The number of carbonyl (C=O) groups excluding carboxylic acids is 1. The fourth-order valence-corrected chi connectivity index (χ4v) is 3.30. The Kier molecular flexibility index (Phi) is 7.78. The molecule has 1 N–H and O–H groups in total. The molecule has 1 fully saturated rings. The average molecular weight is 398 g/mol. The fraction of sp³-hybridized carbons (Fsp3) is 0.348. The van der Waals surface area contributed by atoms with E-state index in [1.54, 1.807) is 18.2 Å². The predicted molar refractivity (Wildman–Crippen MR) is 111 cm³/mol. The molecule has 6 heteroatoms. The van der Waals surface area contributed by atoms with Gasteiger partial charge in [-0.05, 0) is 48.4 Å². The van der Waals surface area contributed by atoms with E-state index < -0.39 is 0 Å². The lowest BCUT2D eigenvalue weighted by molar-refractivity contribution is -0.116. The molecule has 0 spiro atoms. The third kappa shape index (κ3) is 6.41. The molecule has 0 saturated carbocycles. The number of hydrogen-bond donors (Lipinski definition) is 1. The number of carbonyl (C=O) groups is 1. The number of rotatable bonds is 8. The van der Waals surface area contributed by atoms with Crippen LogP contribution >= 0.6 is 0 Å². The second-order valence-electron chi connectivity index (χ2n) is 6.80. The molecule has 5 nitrogen and oxygen atoms in total. The van der Waals surface area contributed by atoms with Crippen LogP contribution in [0.4, 0.5) is 4.39 Å². The van der Waals surface area contributed by atoms with Gasteiger partial charge in [0.05, 0.1) is 25.9 Å². The number of benzene rings is 2. The number of amides is 1. The van der Waals surface area contributed by atoms with Crippen molar-refractivity contribution in [2.75, 3.05) is 39.5 Å². The Balaban J connectivity index is 1.60. The van der Waals surface area contributed by atoms with Crippen molar-refractivity contribution in [3.05, 3.63) is 71.6 Å². The second kappa shape index (κ2) is 10.7. The summed E-state index contributed by atoms with van der Waals surface area (Å²) in [5, 5.41) is 2.97. The van der Waals surface area contributed by atoms with Gasteiger partial charge in [-0.3, -0.25) is 9.69 Å². The van der Waals surface area contributed by atoms with Crippen molar-refractivity contribution in [2.45, 2.75) is 13.0 Å². The Morgan fingerprint density at radius 2 is 1.86 bits per heavy atom. The highest BCUT2D eigenvalue weighted by atomic mass is 19.1. The summed E-state index contributed by atoms with van der Waals surface area (Å²) < 4.78 is 24.2. The van der Waals surface area contributed by atoms with E-state index in [1.807, 2.05) is 31.2 Å². The molecule has 0 aromatic heterocycles. The summed E-state index contributed by atoms with van der Waals surface area (Å²) in [4.78, 5) is 14.6. The first-order chi connectivity index (χ1) is 14.2. The maximum atomic E-state index is 13.3. The first-order valence-corrected chi connectivity index (χ1v) is 9.91. The Hall–Kier alpha value is -2.70. The van der Waals surface area contributed by atoms with Crippen LogP contribution in [0.5, 0.6) is 5.75 Å². The maximum absolute atomic E-state index is 13.3. The Labute approximate surface area is 171 Å². The van der Waals surface area contributed by atoms with Crippen LogP contribution in [0.2, 0.25) is 0 Å². The Morgan fingerprint density at radius 3 is 2.52 bits per heavy atom. The molecule has 0 aliphatic carbocycles. The highest BCUT2D eigenvalue weighted by molar-refractivity contribution is 5.91. The van der Waals surface area contributed by atoms with E-state index in [9.17, 15) is 9.18 Å². The van der Waals surface area contributed by atoms with Gasteiger partial charge in [-0.2, -0.15) is 0 Å². The molecular formula is C23H27FN2O3. The third-order valence-corrected chi connectivity index (χ3v) is 4.83. The molecule has 29 heavy (non-hydrogen) atoms. The predicted octanol–water partition coefficient (Wildman–Crippen LogP) is 3.43. The molecule has 2 aromatic rings. The van der Waals surface area contributed by atoms with Gasteiger partial charge < -0.3 is 14.8 Å². The van der Waals surface area contributed by atoms with E-state index in [4.69, 9.17) is 9.47 Å². The second-order valence-corrected chi connectivity index (χ2v) is 6.80. The molecule has 1 aliphatic rings. The molecule has 3 rings (SSSR count). The van der Waals surface area contributed by atoms with Gasteiger partial charge in [-0.1, -0.05) is 24.3 Å². The van der Waals surface area contributed by atoms with Crippen molar-refractivity contribution in [1.29, 1.82) is 0 Å². The van der Waals surface area contributed by atoms with Crippen LogP contribution in [0.15, 0.2) is 54.6 Å². The van der Waals surface area contributed by atoms with Crippen molar-refractivity contribution in [1.82, 2.24) is 10.2 Å². The van der Waals surface area contributed by atoms with Crippen LogP contribution in [0.3, 0.4) is 0 Å². The monoisotopic (exact) mass is 398 g/mol. The number of hydrogen-bond acceptors (Lipinski definition) is 4. The maximum Gasteiger partial charge on any atom is 0.244 e. The molecule has 0 bridgehead atoms. The lowest BCUT2D eigenvalue weighted by Gasteiger charge is -2.34. The molecule has 2 aromatic carbocycles. The van der Waals surface area contributed by atoms with Crippen LogP contribution in [0.25, 0.3) is 6.08 Å². The van der Waals surface area contributed by atoms with Gasteiger partial charge in [0.1, 0.15) is 11.6 Å². The van der Waals surface area contributed by atoms with E-state index in [0.717, 1.165) is 30.0 Å². The minimum absolute atomic E-state index is 0.0256. The van der Waals surface area contributed by atoms with E-state index >= 15 is 0 Å². The van der Waals surface area contributed by atoms with Gasteiger partial charge in [0.2, 0.25) is 5.91 Å². The third-order valence-electron chi connectivity index (χ3n) is 4.83. The number of halogens is 1. The lowest BCUT2D eigenvalue weighted by atomic mass is 10.0. The zero-order valence-electron chi connectivity index (χ0n) is 16.6. The highest BCUT2D eigenvalue weighted by Gasteiger charge is 2.23. The molecule has 0 radical (unpaired) electrons. The van der Waals surface area contributed by atoms with Crippen molar-refractivity contribution < 1.29 is 18.7 Å². The van der Waals surface area contributed by atoms with E-state index in [1.165, 1.54) is 18.2 Å². The molecule has 1 amide bonds. The van der Waals surface area contributed by atoms with Gasteiger partial charge in [0, 0.05) is 25.7 Å². The number of morpholine rings is 1. The normalized spacial score (nSPS) is 15.9. The van der Waals surface area contributed by atoms with Gasteiger partial charge in [0.25, 0.3) is 0 Å². The van der Waals surface area contributed by atoms with Crippen LogP contribution in [-0.4, -0.2) is 50.3 Å². The van der Waals surface area contributed by atoms with Crippen LogP contribution < -0.4 is 10.1 Å². The largest absolute Gasteiger partial charge is 0.494 e. The Morgan fingerprint density at radius 1 is 1.17 bits per heavy atom. The quantitative estimate of drug-likeness (QED) is 0.693. The van der Waals surface area contributed by atoms with Gasteiger partial charge in [-0.25, -0.2) is 4.39 Å². The molecule has 1 aliphatic heterocycles. The Bertz CT molecular complexity index is 800. The molecular weight excluding hydrogens is 371 g/mol. The van der Waals surface area contributed by atoms with Crippen LogP contribution in [0.1, 0.15) is 24.1 Å². The molecule has 1 unspecified atom stereocenters. The topological polar surface area (TPSA) is 50.8 Å². The summed E-state index contributed by atoms with van der Waals surface area (Å²) in [5.41, 5.74) is 1.90. The highest BCUT2D eigenvalue weighted by Crippen LogP contribution is 2.21. The lowest BCUT2D eigenvalue weighted by Crippen LogP contribution is -2.43. The summed E-state index contributed by atoms with van der Waals surface area (Å²) in [7, 11) is 0. The van der Waals surface area contributed by atoms with E-state index in [-0.39, 0.29) is 17.8 Å². The average Bonchev–Trinajstić information content (AvgIpc) is 2.75. The van der Waals surface area contributed by atoms with Gasteiger partial charge in [-0.15, -0.1) is 0 Å². The van der Waals surface area contributed by atoms with Crippen molar-refractivity contribution in [3.8, 4) is 5.75 Å². The fourth-order valence-electron chi connectivity index (χ4n) is 3.30. The molecule has 1 saturated heterocycles. The standard InChI is InChI=1S/C23H27FN2O3/c1-2-29-21-10-3-18(4-11-21)5-12-23(27)25-17-22(26-13-15-28-16-14-26)19-6-8-20(24)9-7-19/h3-12,22H,2,13-17H2,1H3,(H,25,27)/b12-5+. The van der Waals surface area contributed by atoms with Crippen LogP contribution in [0, 0.1) is 5.82 Å². The van der Waals surface area contributed by atoms with Crippen molar-refractivity contribution >= 4 is 12.0 Å². The van der Waals surface area contributed by atoms with Gasteiger partial charge in [0.15, 0.2) is 0 Å². The van der Waals surface area contributed by atoms with E-state index in [0.29, 0.717) is 26.4 Å². The van der Waals surface area contributed by atoms with Crippen LogP contribution in [-0.2, 0) is 9.53 Å². The summed E-state index contributed by atoms with van der Waals surface area (Å²) >= 11 is 0. The zero-order valence-corrected chi connectivity index (χ0v) is 16.6. The van der Waals surface area contributed by atoms with Crippen molar-refractivity contribution in [3.63, 3.8) is 0 Å². The van der Waals surface area contributed by atoms with Gasteiger partial charge >= 0.3 is 0 Å². The number of nitrogens with zero attached hydrogens (tertiary/aromatic N) is 1. The minimum Gasteiger partial charge on any atom is -0.494 e. The molecule has 1 heterocycles. The summed E-state index contributed by atoms with van der Waals surface area (Å²) in [6.07, 6.45) is 3.30. The summed E-state index contributed by atoms with van der Waals surface area (Å²) in [5.74, 6) is 0.373. The summed E-state index contributed by atoms with van der Waals surface area (Å²) in [6, 6.07) is 14.0. The number of nitrogens with one attached hydrogen (secondary N) is 1. The zero-order chi connectivity index (χ0) is 20.5. The first kappa shape index (κ1) is 21.0. The number of ether oxygens (including phenoxy) is 2.